The van der Waals surface area contributed by atoms with Crippen LogP contribution in [0.3, 0.4) is 0 Å². The largest absolute Gasteiger partial charge is 0.445 e. The molecule has 1 aromatic carbocycles. The Morgan fingerprint density at radius 1 is 0.906 bits per heavy atom. The zero-order valence-corrected chi connectivity index (χ0v) is 24.0. The van der Waals surface area contributed by atoms with Crippen LogP contribution in [-0.2, 0) is 20.2 Å². The Kier molecular flexibility index (Phi) is 8.46. The fourth-order valence-corrected chi connectivity index (χ4v) is 5.95. The van der Waals surface area contributed by atoms with Crippen LogP contribution in [0, 0.1) is 0 Å². The summed E-state index contributed by atoms with van der Waals surface area (Å²) >= 11 is 0. The van der Waals surface area contributed by atoms with Gasteiger partial charge in [-0.15, -0.1) is 0 Å². The van der Waals surface area contributed by atoms with E-state index in [4.69, 9.17) is 13.6 Å². The van der Waals surface area contributed by atoms with Crippen LogP contribution in [0.4, 0.5) is 4.79 Å². The minimum absolute atomic E-state index is 0.00295. The summed E-state index contributed by atoms with van der Waals surface area (Å²) in [4.78, 5) is 14.7. The number of ether oxygens (including phenoxy) is 1. The lowest BCUT2D eigenvalue weighted by Crippen LogP contribution is -2.58. The molecular formula is C25H45NO4Si2. The van der Waals surface area contributed by atoms with E-state index in [1.165, 1.54) is 0 Å². The van der Waals surface area contributed by atoms with Crippen molar-refractivity contribution in [1.29, 1.82) is 0 Å². The van der Waals surface area contributed by atoms with Gasteiger partial charge in [0, 0.05) is 6.54 Å². The third-order valence-electron chi connectivity index (χ3n) is 7.47. The van der Waals surface area contributed by atoms with Gasteiger partial charge in [-0.3, -0.25) is 0 Å². The van der Waals surface area contributed by atoms with Crippen LogP contribution in [0.25, 0.3) is 0 Å². The van der Waals surface area contributed by atoms with E-state index in [2.05, 4.69) is 67.7 Å². The summed E-state index contributed by atoms with van der Waals surface area (Å²) < 4.78 is 19.3. The first-order valence-corrected chi connectivity index (χ1v) is 17.7. The Bertz CT molecular complexity index is 753. The third-order valence-corrected chi connectivity index (χ3v) is 16.5. The molecule has 0 aliphatic carbocycles. The number of likely N-dealkylation sites (tertiary alicyclic amines) is 1. The number of rotatable bonds is 6. The van der Waals surface area contributed by atoms with Gasteiger partial charge >= 0.3 is 6.09 Å². The minimum atomic E-state index is -2.03. The lowest BCUT2D eigenvalue weighted by Gasteiger charge is -2.48. The van der Waals surface area contributed by atoms with Gasteiger partial charge in [-0.05, 0) is 48.2 Å². The van der Waals surface area contributed by atoms with E-state index >= 15 is 0 Å². The second kappa shape index (κ2) is 9.99. The molecule has 1 saturated heterocycles. The zero-order chi connectivity index (χ0) is 24.4. The zero-order valence-electron chi connectivity index (χ0n) is 22.0. The molecule has 0 unspecified atom stereocenters. The van der Waals surface area contributed by atoms with Crippen molar-refractivity contribution in [3.05, 3.63) is 35.9 Å². The molecule has 1 aliphatic heterocycles. The Balaban J connectivity index is 2.15. The monoisotopic (exact) mass is 479 g/mol. The smallest absolute Gasteiger partial charge is 0.410 e. The van der Waals surface area contributed by atoms with Crippen molar-refractivity contribution in [2.75, 3.05) is 13.1 Å². The molecular weight excluding hydrogens is 434 g/mol. The molecule has 0 spiro atoms. The number of piperidine rings is 1. The highest BCUT2D eigenvalue weighted by Gasteiger charge is 2.46. The Hall–Kier alpha value is -1.16. The predicted molar refractivity (Wildman–Crippen MR) is 137 cm³/mol. The minimum Gasteiger partial charge on any atom is -0.445 e. The number of carbonyl (C=O) groups excluding carboxylic acids is 1. The normalized spacial score (nSPS) is 20.9. The molecule has 182 valence electrons. The van der Waals surface area contributed by atoms with Crippen molar-refractivity contribution in [2.24, 2.45) is 0 Å². The molecule has 32 heavy (non-hydrogen) atoms. The Morgan fingerprint density at radius 2 is 1.41 bits per heavy atom. The molecule has 1 fully saturated rings. The summed E-state index contributed by atoms with van der Waals surface area (Å²) in [5.41, 5.74) is 0.992. The van der Waals surface area contributed by atoms with Gasteiger partial charge in [-0.1, -0.05) is 71.9 Å². The first-order chi connectivity index (χ1) is 14.5. The molecule has 2 rings (SSSR count). The van der Waals surface area contributed by atoms with Crippen LogP contribution in [0.1, 0.15) is 53.5 Å². The maximum Gasteiger partial charge on any atom is 0.410 e. The van der Waals surface area contributed by atoms with Crippen molar-refractivity contribution >= 4 is 22.7 Å². The van der Waals surface area contributed by atoms with E-state index in [-0.39, 0.29) is 35.0 Å². The van der Waals surface area contributed by atoms with Gasteiger partial charge in [0.2, 0.25) is 0 Å². The lowest BCUT2D eigenvalue weighted by molar-refractivity contribution is -0.0244. The fraction of sp³-hybridized carbons (Fsp3) is 0.720. The summed E-state index contributed by atoms with van der Waals surface area (Å²) in [5.74, 6) is 0. The Morgan fingerprint density at radius 3 is 1.91 bits per heavy atom. The van der Waals surface area contributed by atoms with Gasteiger partial charge in [0.1, 0.15) is 6.61 Å². The molecule has 1 aromatic rings. The third kappa shape index (κ3) is 6.92. The SMILES string of the molecule is CC(C)(C)[Si](C)(C)O[C@H]1CCN(C(=O)OCc2ccccc2)C[C@@H]1O[Si](C)(C)C(C)(C)C. The molecule has 0 N–H and O–H groups in total. The van der Waals surface area contributed by atoms with Crippen molar-refractivity contribution in [2.45, 2.75) is 103 Å². The average Bonchev–Trinajstić information content (AvgIpc) is 2.66. The summed E-state index contributed by atoms with van der Waals surface area (Å²) in [6.45, 7) is 24.1. The first kappa shape index (κ1) is 27.1. The molecule has 7 heteroatoms. The highest BCUT2D eigenvalue weighted by molar-refractivity contribution is 6.74. The molecule has 0 aromatic heterocycles. The quantitative estimate of drug-likeness (QED) is 0.420. The number of nitrogens with zero attached hydrogens (tertiary/aromatic N) is 1. The van der Waals surface area contributed by atoms with Gasteiger partial charge < -0.3 is 18.5 Å². The molecule has 1 aliphatic rings. The van der Waals surface area contributed by atoms with Gasteiger partial charge in [0.15, 0.2) is 16.6 Å². The van der Waals surface area contributed by atoms with E-state index in [1.54, 1.807) is 4.90 Å². The first-order valence-electron chi connectivity index (χ1n) is 11.8. The number of amides is 1. The van der Waals surface area contributed by atoms with Gasteiger partial charge in [0.25, 0.3) is 0 Å². The van der Waals surface area contributed by atoms with Crippen LogP contribution in [0.2, 0.25) is 36.3 Å². The van der Waals surface area contributed by atoms with E-state index in [0.717, 1.165) is 12.0 Å². The fourth-order valence-electron chi connectivity index (χ4n) is 3.23. The molecule has 1 amide bonds. The maximum absolute atomic E-state index is 12.9. The summed E-state index contributed by atoms with van der Waals surface area (Å²) in [6.07, 6.45) is 0.362. The van der Waals surface area contributed by atoms with Crippen LogP contribution in [0.15, 0.2) is 30.3 Å². The van der Waals surface area contributed by atoms with Crippen LogP contribution < -0.4 is 0 Å². The van der Waals surface area contributed by atoms with Crippen molar-refractivity contribution in [3.63, 3.8) is 0 Å². The van der Waals surface area contributed by atoms with Crippen molar-refractivity contribution < 1.29 is 18.4 Å². The Labute approximate surface area is 198 Å². The van der Waals surface area contributed by atoms with Crippen molar-refractivity contribution in [3.8, 4) is 0 Å². The average molecular weight is 480 g/mol. The van der Waals surface area contributed by atoms with Gasteiger partial charge in [-0.25, -0.2) is 4.79 Å². The lowest BCUT2D eigenvalue weighted by atomic mass is 10.1. The van der Waals surface area contributed by atoms with E-state index in [0.29, 0.717) is 13.1 Å². The second-order valence-corrected chi connectivity index (χ2v) is 21.6. The van der Waals surface area contributed by atoms with Crippen LogP contribution in [0.5, 0.6) is 0 Å². The highest BCUT2D eigenvalue weighted by atomic mass is 28.4. The number of hydrogen-bond acceptors (Lipinski definition) is 4. The molecule has 0 radical (unpaired) electrons. The van der Waals surface area contributed by atoms with E-state index < -0.39 is 16.6 Å². The van der Waals surface area contributed by atoms with Crippen molar-refractivity contribution in [1.82, 2.24) is 4.90 Å². The topological polar surface area (TPSA) is 48.0 Å². The molecule has 0 bridgehead atoms. The number of carbonyl (C=O) groups is 1. The number of benzene rings is 1. The standard InChI is InChI=1S/C25H45NO4Si2/c1-24(2,3)31(7,8)29-21-16-17-26(18-22(21)30-32(9,10)25(4,5)6)23(27)28-19-20-14-12-11-13-15-20/h11-15,21-22H,16-19H2,1-10H3/t21-,22-/m0/s1. The van der Waals surface area contributed by atoms with Gasteiger partial charge in [0.05, 0.1) is 18.8 Å². The van der Waals surface area contributed by atoms with E-state index in [1.807, 2.05) is 30.3 Å². The van der Waals surface area contributed by atoms with E-state index in [9.17, 15) is 4.79 Å². The maximum atomic E-state index is 12.9. The van der Waals surface area contributed by atoms with Crippen LogP contribution in [-0.4, -0.2) is 52.9 Å². The summed E-state index contributed by atoms with van der Waals surface area (Å²) in [7, 11) is -4.00. The van der Waals surface area contributed by atoms with Crippen LogP contribution >= 0.6 is 0 Å². The predicted octanol–water partition coefficient (Wildman–Crippen LogP) is 6.81. The van der Waals surface area contributed by atoms with Gasteiger partial charge in [-0.2, -0.15) is 0 Å². The molecule has 2 atom stereocenters. The second-order valence-electron chi connectivity index (χ2n) is 12.1. The summed E-state index contributed by atoms with van der Waals surface area (Å²) in [5, 5.41) is 0.213. The number of hydrogen-bond donors (Lipinski definition) is 0. The molecule has 5 nitrogen and oxygen atoms in total. The molecule has 0 saturated carbocycles. The highest BCUT2D eigenvalue weighted by Crippen LogP contribution is 2.41. The molecule has 1 heterocycles. The summed E-state index contributed by atoms with van der Waals surface area (Å²) in [6, 6.07) is 9.80.